The number of aromatic hydroxyl groups is 1. The van der Waals surface area contributed by atoms with Gasteiger partial charge in [-0.1, -0.05) is 0 Å². The van der Waals surface area contributed by atoms with Crippen LogP contribution in [-0.4, -0.2) is 21.4 Å². The molecule has 4 heteroatoms. The Morgan fingerprint density at radius 3 is 3.00 bits per heavy atom. The molecule has 0 radical (unpaired) electrons. The lowest BCUT2D eigenvalue weighted by Gasteiger charge is -2.01. The van der Waals surface area contributed by atoms with E-state index in [0.717, 1.165) is 29.6 Å². The molecule has 0 fully saturated rings. The maximum atomic E-state index is 9.38. The lowest BCUT2D eigenvalue weighted by atomic mass is 10.2. The van der Waals surface area contributed by atoms with Gasteiger partial charge in [-0.15, -0.1) is 0 Å². The van der Waals surface area contributed by atoms with E-state index in [1.54, 1.807) is 12.1 Å². The van der Waals surface area contributed by atoms with Crippen molar-refractivity contribution >= 4 is 10.9 Å². The summed E-state index contributed by atoms with van der Waals surface area (Å²) in [5, 5.41) is 14.8. The van der Waals surface area contributed by atoms with Gasteiger partial charge >= 0.3 is 0 Å². The van der Waals surface area contributed by atoms with Crippen molar-refractivity contribution in [3.8, 4) is 5.75 Å². The van der Waals surface area contributed by atoms with Crippen molar-refractivity contribution < 1.29 is 5.11 Å². The first-order valence-corrected chi connectivity index (χ1v) is 5.08. The van der Waals surface area contributed by atoms with Crippen molar-refractivity contribution in [1.29, 1.82) is 0 Å². The summed E-state index contributed by atoms with van der Waals surface area (Å²) in [7, 11) is 0. The smallest absolute Gasteiger partial charge is 0.116 e. The van der Waals surface area contributed by atoms with E-state index in [2.05, 4.69) is 5.10 Å². The molecule has 1 heterocycles. The van der Waals surface area contributed by atoms with E-state index >= 15 is 0 Å². The van der Waals surface area contributed by atoms with E-state index in [-0.39, 0.29) is 5.75 Å². The van der Waals surface area contributed by atoms with E-state index < -0.39 is 0 Å². The predicted octanol–water partition coefficient (Wildman–Crippen LogP) is 1.40. The summed E-state index contributed by atoms with van der Waals surface area (Å²) in [5.74, 6) is 0.281. The number of phenols is 1. The zero-order valence-electron chi connectivity index (χ0n) is 8.77. The molecule has 2 rings (SSSR count). The second-order valence-corrected chi connectivity index (χ2v) is 3.65. The average Bonchev–Trinajstić information content (AvgIpc) is 2.53. The third-order valence-electron chi connectivity index (χ3n) is 2.49. The SMILES string of the molecule is Cc1nn(CCCN)c2ccc(O)cc12. The van der Waals surface area contributed by atoms with Crippen LogP contribution in [0.25, 0.3) is 10.9 Å². The lowest BCUT2D eigenvalue weighted by molar-refractivity contribution is 0.476. The number of aromatic nitrogens is 2. The van der Waals surface area contributed by atoms with Crippen LogP contribution in [0.1, 0.15) is 12.1 Å². The van der Waals surface area contributed by atoms with Crippen molar-refractivity contribution in [3.05, 3.63) is 23.9 Å². The van der Waals surface area contributed by atoms with Crippen LogP contribution in [0.3, 0.4) is 0 Å². The summed E-state index contributed by atoms with van der Waals surface area (Å²) in [6.45, 7) is 3.44. The number of fused-ring (bicyclic) bond motifs is 1. The zero-order chi connectivity index (χ0) is 10.8. The highest BCUT2D eigenvalue weighted by atomic mass is 16.3. The van der Waals surface area contributed by atoms with Gasteiger partial charge < -0.3 is 10.8 Å². The molecule has 0 spiro atoms. The summed E-state index contributed by atoms with van der Waals surface area (Å²) < 4.78 is 1.94. The van der Waals surface area contributed by atoms with E-state index in [9.17, 15) is 5.11 Å². The Labute approximate surface area is 88.3 Å². The fourth-order valence-electron chi connectivity index (χ4n) is 1.74. The molecule has 15 heavy (non-hydrogen) atoms. The van der Waals surface area contributed by atoms with Gasteiger partial charge in [0.15, 0.2) is 0 Å². The van der Waals surface area contributed by atoms with Gasteiger partial charge in [-0.2, -0.15) is 5.10 Å². The number of hydrogen-bond donors (Lipinski definition) is 2. The molecule has 0 bridgehead atoms. The van der Waals surface area contributed by atoms with Crippen LogP contribution >= 0.6 is 0 Å². The predicted molar refractivity (Wildman–Crippen MR) is 59.8 cm³/mol. The molecule has 80 valence electrons. The fraction of sp³-hybridized carbons (Fsp3) is 0.364. The Morgan fingerprint density at radius 2 is 2.27 bits per heavy atom. The van der Waals surface area contributed by atoms with E-state index in [4.69, 9.17) is 5.73 Å². The molecule has 0 unspecified atom stereocenters. The summed E-state index contributed by atoms with van der Waals surface area (Å²) in [4.78, 5) is 0. The Balaban J connectivity index is 2.48. The summed E-state index contributed by atoms with van der Waals surface area (Å²) >= 11 is 0. The van der Waals surface area contributed by atoms with Crippen LogP contribution < -0.4 is 5.73 Å². The minimum atomic E-state index is 0.281. The van der Waals surface area contributed by atoms with Crippen LogP contribution in [0.4, 0.5) is 0 Å². The van der Waals surface area contributed by atoms with Gasteiger partial charge in [-0.3, -0.25) is 4.68 Å². The number of aryl methyl sites for hydroxylation is 2. The maximum Gasteiger partial charge on any atom is 0.116 e. The van der Waals surface area contributed by atoms with Crippen molar-refractivity contribution in [2.24, 2.45) is 5.73 Å². The van der Waals surface area contributed by atoms with E-state index in [1.807, 2.05) is 17.7 Å². The number of phenolic OH excluding ortho intramolecular Hbond substituents is 1. The van der Waals surface area contributed by atoms with Gasteiger partial charge in [-0.25, -0.2) is 0 Å². The third kappa shape index (κ3) is 1.80. The molecule has 4 nitrogen and oxygen atoms in total. The van der Waals surface area contributed by atoms with Crippen LogP contribution in [0.2, 0.25) is 0 Å². The van der Waals surface area contributed by atoms with Crippen molar-refractivity contribution in [3.63, 3.8) is 0 Å². The number of benzene rings is 1. The molecule has 3 N–H and O–H groups in total. The van der Waals surface area contributed by atoms with Crippen LogP contribution in [0.15, 0.2) is 18.2 Å². The molecule has 0 saturated heterocycles. The fourth-order valence-corrected chi connectivity index (χ4v) is 1.74. The normalized spacial score (nSPS) is 11.1. The summed E-state index contributed by atoms with van der Waals surface area (Å²) in [6.07, 6.45) is 0.914. The zero-order valence-corrected chi connectivity index (χ0v) is 8.77. The Morgan fingerprint density at radius 1 is 1.47 bits per heavy atom. The number of nitrogens with two attached hydrogens (primary N) is 1. The largest absolute Gasteiger partial charge is 0.508 e. The Hall–Kier alpha value is -1.55. The minimum absolute atomic E-state index is 0.281. The molecule has 0 aliphatic carbocycles. The molecular weight excluding hydrogens is 190 g/mol. The van der Waals surface area contributed by atoms with Crippen LogP contribution in [-0.2, 0) is 6.54 Å². The quantitative estimate of drug-likeness (QED) is 0.796. The van der Waals surface area contributed by atoms with E-state index in [1.165, 1.54) is 0 Å². The minimum Gasteiger partial charge on any atom is -0.508 e. The molecule has 0 aliphatic heterocycles. The van der Waals surface area contributed by atoms with Crippen LogP contribution in [0.5, 0.6) is 5.75 Å². The van der Waals surface area contributed by atoms with Gasteiger partial charge in [0.1, 0.15) is 5.75 Å². The highest BCUT2D eigenvalue weighted by Gasteiger charge is 2.06. The first kappa shape index (κ1) is 9.98. The van der Waals surface area contributed by atoms with Crippen molar-refractivity contribution in [1.82, 2.24) is 9.78 Å². The van der Waals surface area contributed by atoms with Gasteiger partial charge in [0.05, 0.1) is 11.2 Å². The summed E-state index contributed by atoms with van der Waals surface area (Å²) in [6, 6.07) is 5.32. The standard InChI is InChI=1S/C11H15N3O/c1-8-10-7-9(15)3-4-11(10)14(13-8)6-2-5-12/h3-4,7,15H,2,5-6,12H2,1H3. The highest BCUT2D eigenvalue weighted by molar-refractivity contribution is 5.83. The van der Waals surface area contributed by atoms with Gasteiger partial charge in [0, 0.05) is 11.9 Å². The van der Waals surface area contributed by atoms with Crippen molar-refractivity contribution in [2.45, 2.75) is 19.9 Å². The molecule has 0 aliphatic rings. The number of nitrogens with zero attached hydrogens (tertiary/aromatic N) is 2. The summed E-state index contributed by atoms with van der Waals surface area (Å²) in [5.41, 5.74) is 7.47. The van der Waals surface area contributed by atoms with E-state index in [0.29, 0.717) is 6.54 Å². The third-order valence-corrected chi connectivity index (χ3v) is 2.49. The van der Waals surface area contributed by atoms with Gasteiger partial charge in [0.25, 0.3) is 0 Å². The molecule has 2 aromatic rings. The second kappa shape index (κ2) is 3.90. The topological polar surface area (TPSA) is 64.1 Å². The Kier molecular flexibility index (Phi) is 2.60. The van der Waals surface area contributed by atoms with Gasteiger partial charge in [-0.05, 0) is 38.1 Å². The maximum absolute atomic E-state index is 9.38. The lowest BCUT2D eigenvalue weighted by Crippen LogP contribution is -2.06. The molecule has 0 atom stereocenters. The first-order valence-electron chi connectivity index (χ1n) is 5.08. The molecule has 0 amide bonds. The molecular formula is C11H15N3O. The van der Waals surface area contributed by atoms with Crippen molar-refractivity contribution in [2.75, 3.05) is 6.54 Å². The Bertz CT molecular complexity index is 476. The number of hydrogen-bond acceptors (Lipinski definition) is 3. The molecule has 1 aromatic heterocycles. The second-order valence-electron chi connectivity index (χ2n) is 3.65. The molecule has 1 aromatic carbocycles. The van der Waals surface area contributed by atoms with Crippen LogP contribution in [0, 0.1) is 6.92 Å². The average molecular weight is 205 g/mol. The highest BCUT2D eigenvalue weighted by Crippen LogP contribution is 2.22. The monoisotopic (exact) mass is 205 g/mol. The number of rotatable bonds is 3. The molecule has 0 saturated carbocycles. The van der Waals surface area contributed by atoms with Gasteiger partial charge in [0.2, 0.25) is 0 Å². The first-order chi connectivity index (χ1) is 7.22.